The molecule has 1 aromatic heterocycles. The van der Waals surface area contributed by atoms with Gasteiger partial charge in [-0.2, -0.15) is 0 Å². The van der Waals surface area contributed by atoms with Gasteiger partial charge in [0, 0.05) is 29.2 Å². The van der Waals surface area contributed by atoms with Crippen LogP contribution in [0.2, 0.25) is 0 Å². The van der Waals surface area contributed by atoms with E-state index in [4.69, 9.17) is 26.4 Å². The molecule has 2 heterocycles. The minimum absolute atomic E-state index is 0.155. The van der Waals surface area contributed by atoms with Gasteiger partial charge in [-0.1, -0.05) is 24.3 Å². The zero-order valence-electron chi connectivity index (χ0n) is 20.9. The Morgan fingerprint density at radius 3 is 2.49 bits per heavy atom. The topological polar surface area (TPSA) is 75.8 Å². The molecular formula is C29H29N3O4S. The molecule has 190 valence electrons. The molecule has 0 spiro atoms. The standard InChI is InChI=1S/C29H29N3O4S/c1-19-5-3-4-6-20(19)11-12-32(29(37)30-23-7-9-24(34-2)10-8-23)18-22-15-21-16-26-27(36-14-13-35-26)17-25(21)31-28(22)33/h3-10,15-17H,11-14,18H2,1-2H3,(H,30,37)(H,31,33). The van der Waals surface area contributed by atoms with Crippen molar-refractivity contribution >= 4 is 33.9 Å². The average molecular weight is 516 g/mol. The summed E-state index contributed by atoms with van der Waals surface area (Å²) in [5.74, 6) is 2.10. The van der Waals surface area contributed by atoms with Gasteiger partial charge in [0.1, 0.15) is 19.0 Å². The van der Waals surface area contributed by atoms with E-state index in [1.165, 1.54) is 11.1 Å². The molecule has 0 bridgehead atoms. The van der Waals surface area contributed by atoms with Gasteiger partial charge in [-0.3, -0.25) is 4.79 Å². The van der Waals surface area contributed by atoms with E-state index in [-0.39, 0.29) is 5.56 Å². The Bertz CT molecular complexity index is 1480. The molecule has 0 saturated heterocycles. The van der Waals surface area contributed by atoms with E-state index in [0.29, 0.717) is 54.0 Å². The number of nitrogens with one attached hydrogen (secondary N) is 2. The van der Waals surface area contributed by atoms with Gasteiger partial charge in [0.15, 0.2) is 16.6 Å². The van der Waals surface area contributed by atoms with Gasteiger partial charge in [-0.25, -0.2) is 0 Å². The first kappa shape index (κ1) is 24.6. The van der Waals surface area contributed by atoms with Crippen molar-refractivity contribution in [3.63, 3.8) is 0 Å². The Morgan fingerprint density at radius 1 is 1.03 bits per heavy atom. The molecule has 3 aromatic carbocycles. The first-order chi connectivity index (χ1) is 18.0. The zero-order chi connectivity index (χ0) is 25.8. The number of aryl methyl sites for hydroxylation is 1. The number of thiocarbonyl (C=S) groups is 1. The van der Waals surface area contributed by atoms with Gasteiger partial charge in [0.05, 0.1) is 19.2 Å². The maximum atomic E-state index is 13.1. The predicted molar refractivity (Wildman–Crippen MR) is 150 cm³/mol. The monoisotopic (exact) mass is 515 g/mol. The highest BCUT2D eigenvalue weighted by atomic mass is 32.1. The molecule has 0 aliphatic carbocycles. The molecule has 2 N–H and O–H groups in total. The summed E-state index contributed by atoms with van der Waals surface area (Å²) in [5.41, 5.74) is 4.50. The second-order valence-corrected chi connectivity index (χ2v) is 9.35. The molecule has 4 aromatic rings. The van der Waals surface area contributed by atoms with E-state index in [9.17, 15) is 4.79 Å². The Kier molecular flexibility index (Phi) is 7.28. The molecule has 7 nitrogen and oxygen atoms in total. The summed E-state index contributed by atoms with van der Waals surface area (Å²) in [6, 6.07) is 21.5. The van der Waals surface area contributed by atoms with E-state index < -0.39 is 0 Å². The molecular weight excluding hydrogens is 486 g/mol. The second-order valence-electron chi connectivity index (χ2n) is 8.96. The van der Waals surface area contributed by atoms with Gasteiger partial charge in [-0.15, -0.1) is 0 Å². The molecule has 1 aliphatic heterocycles. The Morgan fingerprint density at radius 2 is 1.76 bits per heavy atom. The number of fused-ring (bicyclic) bond motifs is 2. The molecule has 0 saturated carbocycles. The number of aromatic nitrogens is 1. The van der Waals surface area contributed by atoms with Crippen LogP contribution >= 0.6 is 12.2 Å². The number of ether oxygens (including phenoxy) is 3. The van der Waals surface area contributed by atoms with Crippen LogP contribution in [-0.4, -0.2) is 41.9 Å². The molecule has 0 radical (unpaired) electrons. The summed E-state index contributed by atoms with van der Waals surface area (Å²) in [5, 5.41) is 4.74. The fraction of sp³-hybridized carbons (Fsp3) is 0.241. The number of hydrogen-bond donors (Lipinski definition) is 2. The van der Waals surface area contributed by atoms with Crippen LogP contribution in [0.5, 0.6) is 17.2 Å². The first-order valence-electron chi connectivity index (χ1n) is 12.2. The van der Waals surface area contributed by atoms with Gasteiger partial charge in [-0.05, 0) is 73.1 Å². The predicted octanol–water partition coefficient (Wildman–Crippen LogP) is 5.06. The SMILES string of the molecule is COc1ccc(NC(=S)N(CCc2ccccc2C)Cc2cc3cc4c(cc3[nH]c2=O)OCCO4)cc1. The Hall–Kier alpha value is -4.04. The minimum Gasteiger partial charge on any atom is -0.497 e. The van der Waals surface area contributed by atoms with E-state index in [2.05, 4.69) is 29.4 Å². The van der Waals surface area contributed by atoms with E-state index >= 15 is 0 Å². The number of benzene rings is 3. The number of nitrogens with zero attached hydrogens (tertiary/aromatic N) is 1. The maximum Gasteiger partial charge on any atom is 0.253 e. The largest absolute Gasteiger partial charge is 0.497 e. The van der Waals surface area contributed by atoms with Gasteiger partial charge >= 0.3 is 0 Å². The highest BCUT2D eigenvalue weighted by Gasteiger charge is 2.17. The van der Waals surface area contributed by atoms with E-state index in [1.54, 1.807) is 7.11 Å². The zero-order valence-corrected chi connectivity index (χ0v) is 21.7. The maximum absolute atomic E-state index is 13.1. The van der Waals surface area contributed by atoms with E-state index in [1.807, 2.05) is 59.5 Å². The minimum atomic E-state index is -0.155. The summed E-state index contributed by atoms with van der Waals surface area (Å²) < 4.78 is 16.7. The van der Waals surface area contributed by atoms with Crippen LogP contribution in [0.15, 0.2) is 71.5 Å². The molecule has 37 heavy (non-hydrogen) atoms. The lowest BCUT2D eigenvalue weighted by Gasteiger charge is -2.26. The second kappa shape index (κ2) is 10.9. The molecule has 5 rings (SSSR count). The molecule has 0 amide bonds. The van der Waals surface area contributed by atoms with Crippen molar-refractivity contribution in [3.8, 4) is 17.2 Å². The summed E-state index contributed by atoms with van der Waals surface area (Å²) in [4.78, 5) is 18.1. The number of aromatic amines is 1. The van der Waals surface area contributed by atoms with Crippen LogP contribution in [0.4, 0.5) is 5.69 Å². The van der Waals surface area contributed by atoms with Crippen molar-refractivity contribution in [1.29, 1.82) is 0 Å². The third-order valence-electron chi connectivity index (χ3n) is 6.49. The molecule has 0 unspecified atom stereocenters. The highest BCUT2D eigenvalue weighted by Crippen LogP contribution is 2.33. The van der Waals surface area contributed by atoms with Crippen LogP contribution in [0.25, 0.3) is 10.9 Å². The molecule has 0 atom stereocenters. The van der Waals surface area contributed by atoms with E-state index in [0.717, 1.165) is 23.2 Å². The summed E-state index contributed by atoms with van der Waals surface area (Å²) in [6.07, 6.45) is 0.793. The lowest BCUT2D eigenvalue weighted by molar-refractivity contribution is 0.172. The summed E-state index contributed by atoms with van der Waals surface area (Å²) in [6.45, 7) is 4.11. The van der Waals surface area contributed by atoms with Crippen molar-refractivity contribution in [2.24, 2.45) is 0 Å². The van der Waals surface area contributed by atoms with Crippen molar-refractivity contribution in [3.05, 3.63) is 93.8 Å². The van der Waals surface area contributed by atoms with Crippen molar-refractivity contribution < 1.29 is 14.2 Å². The highest BCUT2D eigenvalue weighted by molar-refractivity contribution is 7.80. The Balaban J connectivity index is 1.42. The van der Waals surface area contributed by atoms with Crippen LogP contribution < -0.4 is 25.1 Å². The quantitative estimate of drug-likeness (QED) is 0.333. The summed E-state index contributed by atoms with van der Waals surface area (Å²) >= 11 is 5.82. The number of hydrogen-bond acceptors (Lipinski definition) is 5. The van der Waals surface area contributed by atoms with Crippen LogP contribution in [0.1, 0.15) is 16.7 Å². The van der Waals surface area contributed by atoms with Crippen molar-refractivity contribution in [2.75, 3.05) is 32.2 Å². The van der Waals surface area contributed by atoms with Crippen LogP contribution in [0.3, 0.4) is 0 Å². The molecule has 1 aliphatic rings. The molecule has 0 fully saturated rings. The number of methoxy groups -OCH3 is 1. The lowest BCUT2D eigenvalue weighted by Crippen LogP contribution is -2.37. The van der Waals surface area contributed by atoms with Crippen molar-refractivity contribution in [2.45, 2.75) is 19.9 Å². The van der Waals surface area contributed by atoms with Gasteiger partial charge < -0.3 is 29.4 Å². The van der Waals surface area contributed by atoms with Crippen LogP contribution in [0, 0.1) is 6.92 Å². The van der Waals surface area contributed by atoms with Crippen LogP contribution in [-0.2, 0) is 13.0 Å². The number of anilines is 1. The first-order valence-corrected chi connectivity index (χ1v) is 12.6. The fourth-order valence-electron chi connectivity index (χ4n) is 4.39. The third kappa shape index (κ3) is 5.70. The average Bonchev–Trinajstić information content (AvgIpc) is 2.91. The van der Waals surface area contributed by atoms with Gasteiger partial charge in [0.25, 0.3) is 5.56 Å². The van der Waals surface area contributed by atoms with Crippen molar-refractivity contribution in [1.82, 2.24) is 9.88 Å². The normalized spacial score (nSPS) is 12.3. The number of rotatable bonds is 7. The lowest BCUT2D eigenvalue weighted by atomic mass is 10.1. The fourth-order valence-corrected chi connectivity index (χ4v) is 4.66. The molecule has 8 heteroatoms. The smallest absolute Gasteiger partial charge is 0.253 e. The number of H-pyrrole nitrogens is 1. The number of pyridine rings is 1. The summed E-state index contributed by atoms with van der Waals surface area (Å²) in [7, 11) is 1.64. The Labute approximate surface area is 221 Å². The van der Waals surface area contributed by atoms with Gasteiger partial charge in [0.2, 0.25) is 0 Å². The third-order valence-corrected chi connectivity index (χ3v) is 6.85.